The van der Waals surface area contributed by atoms with Crippen LogP contribution in [-0.4, -0.2) is 32.6 Å². The van der Waals surface area contributed by atoms with E-state index in [0.29, 0.717) is 15.4 Å². The zero-order chi connectivity index (χ0) is 13.6. The molecule has 4 N–H and O–H groups in total. The summed E-state index contributed by atoms with van der Waals surface area (Å²) < 4.78 is 8.14. The van der Waals surface area contributed by atoms with Gasteiger partial charge in [0.1, 0.15) is 11.7 Å². The third-order valence-corrected chi connectivity index (χ3v) is 3.94. The van der Waals surface area contributed by atoms with E-state index in [4.69, 9.17) is 15.6 Å². The van der Waals surface area contributed by atoms with E-state index in [9.17, 15) is 4.79 Å². The first-order valence-corrected chi connectivity index (χ1v) is 6.71. The Hall–Kier alpha value is -1.38. The molecule has 1 aliphatic heterocycles. The highest BCUT2D eigenvalue weighted by molar-refractivity contribution is 9.10. The molecule has 0 radical (unpaired) electrons. The number of nitrogens with two attached hydrogens (primary N) is 1. The summed E-state index contributed by atoms with van der Waals surface area (Å²) in [6, 6.07) is 0. The predicted molar refractivity (Wildman–Crippen MR) is 72.7 cm³/mol. The van der Waals surface area contributed by atoms with Crippen molar-refractivity contribution in [2.45, 2.75) is 25.2 Å². The van der Waals surface area contributed by atoms with E-state index in [-0.39, 0.29) is 30.3 Å². The van der Waals surface area contributed by atoms with Gasteiger partial charge >= 0.3 is 0 Å². The molecule has 3 rings (SSSR count). The largest absolute Gasteiger partial charge is 0.394 e. The number of hydrogen-bond acceptors (Lipinski definition) is 5. The molecule has 0 amide bonds. The van der Waals surface area contributed by atoms with Crippen LogP contribution in [0.2, 0.25) is 0 Å². The first-order chi connectivity index (χ1) is 9.11. The molecular formula is C11H13BrN4O3. The smallest absolute Gasteiger partial charge is 0.288 e. The van der Waals surface area contributed by atoms with Crippen molar-refractivity contribution in [3.8, 4) is 0 Å². The van der Waals surface area contributed by atoms with Crippen LogP contribution in [0, 0.1) is 0 Å². The van der Waals surface area contributed by atoms with E-state index in [1.807, 2.05) is 0 Å². The summed E-state index contributed by atoms with van der Waals surface area (Å²) in [4.78, 5) is 12.0. The van der Waals surface area contributed by atoms with Crippen molar-refractivity contribution in [2.75, 3.05) is 12.3 Å². The summed E-state index contributed by atoms with van der Waals surface area (Å²) in [7, 11) is 0. The van der Waals surface area contributed by atoms with Gasteiger partial charge in [0.2, 0.25) is 0 Å². The van der Waals surface area contributed by atoms with Crippen molar-refractivity contribution >= 4 is 32.7 Å². The zero-order valence-corrected chi connectivity index (χ0v) is 11.6. The molecule has 19 heavy (non-hydrogen) atoms. The van der Waals surface area contributed by atoms with Crippen molar-refractivity contribution in [1.82, 2.24) is 14.8 Å². The summed E-state index contributed by atoms with van der Waals surface area (Å²) in [6.07, 6.45) is 2.82. The number of halogens is 1. The van der Waals surface area contributed by atoms with E-state index in [0.717, 1.165) is 12.8 Å². The minimum absolute atomic E-state index is 0.0169. The highest BCUT2D eigenvalue weighted by Crippen LogP contribution is 2.35. The highest BCUT2D eigenvalue weighted by Gasteiger charge is 2.28. The zero-order valence-electron chi connectivity index (χ0n) is 9.97. The summed E-state index contributed by atoms with van der Waals surface area (Å²) in [5.74, 6) is 0.261. The van der Waals surface area contributed by atoms with Gasteiger partial charge in [0, 0.05) is 10.7 Å². The second-order valence-electron chi connectivity index (χ2n) is 4.52. The maximum atomic E-state index is 12.0. The second-order valence-corrected chi connectivity index (χ2v) is 5.37. The molecule has 8 heteroatoms. The molecule has 2 atom stereocenters. The van der Waals surface area contributed by atoms with Crippen LogP contribution < -0.4 is 11.3 Å². The lowest BCUT2D eigenvalue weighted by molar-refractivity contribution is -0.0203. The molecule has 1 saturated heterocycles. The second kappa shape index (κ2) is 4.62. The Morgan fingerprint density at radius 2 is 2.42 bits per heavy atom. The number of nitrogens with zero attached hydrogens (tertiary/aromatic N) is 2. The number of ether oxygens (including phenoxy) is 1. The number of nitrogens with one attached hydrogen (secondary N) is 1. The number of nitrogen functional groups attached to an aromatic ring is 1. The van der Waals surface area contributed by atoms with Crippen LogP contribution in [0.15, 0.2) is 15.5 Å². The van der Waals surface area contributed by atoms with Gasteiger partial charge in [-0.05, 0) is 28.8 Å². The summed E-state index contributed by atoms with van der Waals surface area (Å²) in [5.41, 5.74) is 5.91. The van der Waals surface area contributed by atoms with Gasteiger partial charge in [0.25, 0.3) is 5.56 Å². The quantitative estimate of drug-likeness (QED) is 0.753. The molecular weight excluding hydrogens is 316 g/mol. The van der Waals surface area contributed by atoms with Gasteiger partial charge in [-0.2, -0.15) is 5.10 Å². The number of hydrogen-bond donors (Lipinski definition) is 3. The molecule has 0 aromatic carbocycles. The fourth-order valence-corrected chi connectivity index (χ4v) is 3.05. The van der Waals surface area contributed by atoms with E-state index >= 15 is 0 Å². The van der Waals surface area contributed by atoms with E-state index in [1.54, 1.807) is 10.8 Å². The number of anilines is 1. The molecule has 0 saturated carbocycles. The van der Waals surface area contributed by atoms with Gasteiger partial charge < -0.3 is 20.1 Å². The molecule has 0 unspecified atom stereocenters. The molecule has 1 aliphatic rings. The third-order valence-electron chi connectivity index (χ3n) is 3.33. The maximum absolute atomic E-state index is 12.0. The Morgan fingerprint density at radius 1 is 1.63 bits per heavy atom. The standard InChI is InChI=1S/C11H13BrN4O3/c12-6-3-16(7-2-1-5(4-17)19-7)9-8(6)10(13)14-15-11(9)18/h3,5,7,17H,1-2,4H2,(H2,13,14)(H,15,18)/t5-,7+/m0/s1. The average molecular weight is 329 g/mol. The summed E-state index contributed by atoms with van der Waals surface area (Å²) in [5, 5.41) is 15.8. The fourth-order valence-electron chi connectivity index (χ4n) is 2.44. The molecule has 0 bridgehead atoms. The van der Waals surface area contributed by atoms with Crippen LogP contribution in [0.1, 0.15) is 19.1 Å². The lowest BCUT2D eigenvalue weighted by Crippen LogP contribution is -2.18. The monoisotopic (exact) mass is 328 g/mol. The molecule has 3 heterocycles. The van der Waals surface area contributed by atoms with Crippen molar-refractivity contribution < 1.29 is 9.84 Å². The number of aliphatic hydroxyl groups excluding tert-OH is 1. The number of rotatable bonds is 2. The van der Waals surface area contributed by atoms with Crippen LogP contribution in [0.4, 0.5) is 5.82 Å². The van der Waals surface area contributed by atoms with Gasteiger partial charge in [-0.25, -0.2) is 5.10 Å². The fraction of sp³-hybridized carbons (Fsp3) is 0.455. The molecule has 7 nitrogen and oxygen atoms in total. The number of H-pyrrole nitrogens is 1. The van der Waals surface area contributed by atoms with Gasteiger partial charge in [0.05, 0.1) is 18.1 Å². The Labute approximate surface area is 116 Å². The number of aromatic amines is 1. The van der Waals surface area contributed by atoms with Crippen LogP contribution in [0.5, 0.6) is 0 Å². The molecule has 2 aromatic heterocycles. The Bertz CT molecular complexity index is 680. The molecule has 0 aliphatic carbocycles. The maximum Gasteiger partial charge on any atom is 0.288 e. The van der Waals surface area contributed by atoms with Crippen molar-refractivity contribution in [2.24, 2.45) is 0 Å². The number of fused-ring (bicyclic) bond motifs is 1. The lowest BCUT2D eigenvalue weighted by Gasteiger charge is -2.14. The van der Waals surface area contributed by atoms with Crippen LogP contribution >= 0.6 is 15.9 Å². The summed E-state index contributed by atoms with van der Waals surface area (Å²) in [6.45, 7) is -0.0169. The molecule has 2 aromatic rings. The van der Waals surface area contributed by atoms with Gasteiger partial charge in [-0.1, -0.05) is 0 Å². The van der Waals surface area contributed by atoms with Crippen LogP contribution in [0.25, 0.3) is 10.9 Å². The van der Waals surface area contributed by atoms with Gasteiger partial charge in [-0.15, -0.1) is 0 Å². The minimum atomic E-state index is -0.314. The van der Waals surface area contributed by atoms with Crippen LogP contribution in [0.3, 0.4) is 0 Å². The van der Waals surface area contributed by atoms with Crippen molar-refractivity contribution in [3.63, 3.8) is 0 Å². The highest BCUT2D eigenvalue weighted by atomic mass is 79.9. The lowest BCUT2D eigenvalue weighted by atomic mass is 10.2. The average Bonchev–Trinajstić information content (AvgIpc) is 2.98. The van der Waals surface area contributed by atoms with Gasteiger partial charge in [-0.3, -0.25) is 4.79 Å². The Kier molecular flexibility index (Phi) is 3.08. The van der Waals surface area contributed by atoms with Gasteiger partial charge in [0.15, 0.2) is 5.82 Å². The molecule has 0 spiro atoms. The Balaban J connectivity index is 2.15. The van der Waals surface area contributed by atoms with Crippen LogP contribution in [-0.2, 0) is 4.74 Å². The topological polar surface area (TPSA) is 106 Å². The first-order valence-electron chi connectivity index (χ1n) is 5.92. The predicted octanol–water partition coefficient (Wildman–Crippen LogP) is 0.739. The normalized spacial score (nSPS) is 23.3. The van der Waals surface area contributed by atoms with E-state index in [2.05, 4.69) is 26.1 Å². The molecule has 102 valence electrons. The number of aromatic nitrogens is 3. The molecule has 1 fully saturated rings. The summed E-state index contributed by atoms with van der Waals surface area (Å²) >= 11 is 3.38. The minimum Gasteiger partial charge on any atom is -0.394 e. The first kappa shape index (κ1) is 12.6. The van der Waals surface area contributed by atoms with Crippen molar-refractivity contribution in [3.05, 3.63) is 21.0 Å². The van der Waals surface area contributed by atoms with E-state index < -0.39 is 0 Å². The third kappa shape index (κ3) is 1.96. The number of aliphatic hydroxyl groups is 1. The SMILES string of the molecule is Nc1n[nH]c(=O)c2c1c(Br)cn2[C@H]1CC[C@@H](CO)O1. The Morgan fingerprint density at radius 3 is 3.11 bits per heavy atom. The van der Waals surface area contributed by atoms with Crippen molar-refractivity contribution in [1.29, 1.82) is 0 Å². The van der Waals surface area contributed by atoms with E-state index in [1.165, 1.54) is 0 Å².